The Bertz CT molecular complexity index is 829. The summed E-state index contributed by atoms with van der Waals surface area (Å²) in [6.07, 6.45) is 8.61. The van der Waals surface area contributed by atoms with Gasteiger partial charge in [-0.1, -0.05) is 55.7 Å². The second-order valence-corrected chi connectivity index (χ2v) is 7.23. The van der Waals surface area contributed by atoms with E-state index in [-0.39, 0.29) is 0 Å². The standard InChI is InChI=1S/C22H27N3/c1-17-9-8-14-21-24-20(16-15-18-10-4-2-5-11-18)22(25(17)21)23-19-12-6-3-7-13-19/h2,4-5,8-11,14,19,23H,3,6-7,12-13,15-16H2,1H3. The predicted molar refractivity (Wildman–Crippen MR) is 104 cm³/mol. The van der Waals surface area contributed by atoms with Gasteiger partial charge >= 0.3 is 0 Å². The summed E-state index contributed by atoms with van der Waals surface area (Å²) in [5.74, 6) is 1.22. The van der Waals surface area contributed by atoms with Crippen molar-refractivity contribution in [2.75, 3.05) is 5.32 Å². The van der Waals surface area contributed by atoms with Crippen molar-refractivity contribution in [2.45, 2.75) is 57.9 Å². The normalized spacial score (nSPS) is 15.6. The Morgan fingerprint density at radius 2 is 1.76 bits per heavy atom. The molecular formula is C22H27N3. The number of benzene rings is 1. The summed E-state index contributed by atoms with van der Waals surface area (Å²) < 4.78 is 2.30. The molecule has 1 fully saturated rings. The van der Waals surface area contributed by atoms with Crippen LogP contribution in [0.3, 0.4) is 0 Å². The quantitative estimate of drug-likeness (QED) is 0.698. The number of anilines is 1. The minimum Gasteiger partial charge on any atom is -0.367 e. The molecule has 0 unspecified atom stereocenters. The molecule has 0 atom stereocenters. The number of aryl methyl sites for hydroxylation is 3. The van der Waals surface area contributed by atoms with E-state index >= 15 is 0 Å². The molecule has 0 saturated heterocycles. The Morgan fingerprint density at radius 3 is 2.56 bits per heavy atom. The third kappa shape index (κ3) is 3.55. The zero-order valence-electron chi connectivity index (χ0n) is 15.0. The second-order valence-electron chi connectivity index (χ2n) is 7.23. The van der Waals surface area contributed by atoms with Crippen LogP contribution in [0.15, 0.2) is 48.5 Å². The highest BCUT2D eigenvalue weighted by atomic mass is 15.2. The highest BCUT2D eigenvalue weighted by Gasteiger charge is 2.19. The fourth-order valence-corrected chi connectivity index (χ4v) is 3.97. The fourth-order valence-electron chi connectivity index (χ4n) is 3.97. The summed E-state index contributed by atoms with van der Waals surface area (Å²) in [5.41, 5.74) is 4.87. The van der Waals surface area contributed by atoms with Gasteiger partial charge in [-0.15, -0.1) is 0 Å². The van der Waals surface area contributed by atoms with Crippen LogP contribution >= 0.6 is 0 Å². The number of fused-ring (bicyclic) bond motifs is 1. The van der Waals surface area contributed by atoms with Crippen LogP contribution in [0.4, 0.5) is 5.82 Å². The SMILES string of the molecule is Cc1cccc2nc(CCc3ccccc3)c(NC3CCCCC3)n12. The molecule has 1 aliphatic carbocycles. The van der Waals surface area contributed by atoms with Crippen LogP contribution in [0.2, 0.25) is 0 Å². The van der Waals surface area contributed by atoms with Gasteiger partial charge in [0.15, 0.2) is 0 Å². The van der Waals surface area contributed by atoms with E-state index in [4.69, 9.17) is 4.98 Å². The van der Waals surface area contributed by atoms with Crippen molar-refractivity contribution < 1.29 is 0 Å². The van der Waals surface area contributed by atoms with Crippen molar-refractivity contribution >= 4 is 11.5 Å². The molecule has 4 rings (SSSR count). The molecule has 130 valence electrons. The number of pyridine rings is 1. The van der Waals surface area contributed by atoms with Crippen molar-refractivity contribution in [1.29, 1.82) is 0 Å². The van der Waals surface area contributed by atoms with Gasteiger partial charge in [-0.25, -0.2) is 4.98 Å². The van der Waals surface area contributed by atoms with Gasteiger partial charge in [0, 0.05) is 11.7 Å². The predicted octanol–water partition coefficient (Wildman–Crippen LogP) is 5.17. The minimum absolute atomic E-state index is 0.587. The van der Waals surface area contributed by atoms with Gasteiger partial charge in [0.1, 0.15) is 11.5 Å². The second kappa shape index (κ2) is 7.30. The number of hydrogen-bond donors (Lipinski definition) is 1. The molecular weight excluding hydrogens is 306 g/mol. The largest absolute Gasteiger partial charge is 0.367 e. The van der Waals surface area contributed by atoms with E-state index in [0.29, 0.717) is 6.04 Å². The van der Waals surface area contributed by atoms with E-state index in [1.807, 2.05) is 0 Å². The first-order chi connectivity index (χ1) is 12.3. The average molecular weight is 333 g/mol. The summed E-state index contributed by atoms with van der Waals surface area (Å²) >= 11 is 0. The average Bonchev–Trinajstić information content (AvgIpc) is 3.00. The molecule has 3 nitrogen and oxygen atoms in total. The summed E-state index contributed by atoms with van der Waals surface area (Å²) in [6, 6.07) is 17.7. The molecule has 2 aromatic heterocycles. The lowest BCUT2D eigenvalue weighted by molar-refractivity contribution is 0.461. The highest BCUT2D eigenvalue weighted by molar-refractivity contribution is 5.57. The Labute approximate surface area is 150 Å². The van der Waals surface area contributed by atoms with E-state index in [1.54, 1.807) is 0 Å². The summed E-state index contributed by atoms with van der Waals surface area (Å²) in [4.78, 5) is 4.95. The van der Waals surface area contributed by atoms with Crippen LogP contribution in [-0.4, -0.2) is 15.4 Å². The first-order valence-electron chi connectivity index (χ1n) is 9.59. The van der Waals surface area contributed by atoms with Gasteiger partial charge in [-0.3, -0.25) is 4.40 Å². The van der Waals surface area contributed by atoms with Crippen LogP contribution in [-0.2, 0) is 12.8 Å². The van der Waals surface area contributed by atoms with Crippen LogP contribution in [0.5, 0.6) is 0 Å². The van der Waals surface area contributed by atoms with Crippen LogP contribution in [0.1, 0.15) is 49.1 Å². The Morgan fingerprint density at radius 1 is 0.960 bits per heavy atom. The minimum atomic E-state index is 0.587. The summed E-state index contributed by atoms with van der Waals surface area (Å²) in [7, 11) is 0. The third-order valence-electron chi connectivity index (χ3n) is 5.35. The number of imidazole rings is 1. The van der Waals surface area contributed by atoms with Crippen LogP contribution in [0, 0.1) is 6.92 Å². The fraction of sp³-hybridized carbons (Fsp3) is 0.409. The molecule has 0 radical (unpaired) electrons. The Hall–Kier alpha value is -2.29. The maximum absolute atomic E-state index is 4.95. The topological polar surface area (TPSA) is 29.3 Å². The number of nitrogens with zero attached hydrogens (tertiary/aromatic N) is 2. The van der Waals surface area contributed by atoms with Gasteiger partial charge in [-0.05, 0) is 50.3 Å². The van der Waals surface area contributed by atoms with Gasteiger partial charge in [0.05, 0.1) is 5.69 Å². The highest BCUT2D eigenvalue weighted by Crippen LogP contribution is 2.27. The summed E-state index contributed by atoms with van der Waals surface area (Å²) in [5, 5.41) is 3.85. The van der Waals surface area contributed by atoms with Crippen molar-refractivity contribution in [3.63, 3.8) is 0 Å². The molecule has 0 amide bonds. The molecule has 25 heavy (non-hydrogen) atoms. The molecule has 0 spiro atoms. The number of nitrogens with one attached hydrogen (secondary N) is 1. The molecule has 0 bridgehead atoms. The van der Waals surface area contributed by atoms with Crippen LogP contribution < -0.4 is 5.32 Å². The Balaban J connectivity index is 1.64. The number of aromatic nitrogens is 2. The molecule has 1 N–H and O–H groups in total. The lowest BCUT2D eigenvalue weighted by Crippen LogP contribution is -2.24. The van der Waals surface area contributed by atoms with Crippen molar-refractivity contribution in [3.05, 3.63) is 65.5 Å². The first kappa shape index (κ1) is 16.2. The number of hydrogen-bond acceptors (Lipinski definition) is 2. The van der Waals surface area contributed by atoms with Crippen LogP contribution in [0.25, 0.3) is 5.65 Å². The maximum atomic E-state index is 4.95. The molecule has 0 aliphatic heterocycles. The van der Waals surface area contributed by atoms with Gasteiger partial charge in [0.2, 0.25) is 0 Å². The molecule has 2 heterocycles. The van der Waals surface area contributed by atoms with Crippen molar-refractivity contribution in [2.24, 2.45) is 0 Å². The zero-order chi connectivity index (χ0) is 17.1. The van der Waals surface area contributed by atoms with Gasteiger partial charge in [0.25, 0.3) is 0 Å². The monoisotopic (exact) mass is 333 g/mol. The van der Waals surface area contributed by atoms with E-state index in [1.165, 1.54) is 54.9 Å². The van der Waals surface area contributed by atoms with Crippen molar-refractivity contribution in [1.82, 2.24) is 9.38 Å². The van der Waals surface area contributed by atoms with E-state index in [2.05, 4.69) is 65.2 Å². The van der Waals surface area contributed by atoms with E-state index < -0.39 is 0 Å². The van der Waals surface area contributed by atoms with Crippen molar-refractivity contribution in [3.8, 4) is 0 Å². The van der Waals surface area contributed by atoms with E-state index in [9.17, 15) is 0 Å². The molecule has 3 aromatic rings. The molecule has 1 aliphatic rings. The van der Waals surface area contributed by atoms with Gasteiger partial charge in [-0.2, -0.15) is 0 Å². The van der Waals surface area contributed by atoms with E-state index in [0.717, 1.165) is 18.5 Å². The third-order valence-corrected chi connectivity index (χ3v) is 5.35. The smallest absolute Gasteiger partial charge is 0.138 e. The molecule has 3 heteroatoms. The first-order valence-corrected chi connectivity index (χ1v) is 9.59. The number of rotatable bonds is 5. The molecule has 1 aromatic carbocycles. The maximum Gasteiger partial charge on any atom is 0.138 e. The summed E-state index contributed by atoms with van der Waals surface area (Å²) in [6.45, 7) is 2.17. The zero-order valence-corrected chi connectivity index (χ0v) is 15.0. The lowest BCUT2D eigenvalue weighted by atomic mass is 9.95. The van der Waals surface area contributed by atoms with Gasteiger partial charge < -0.3 is 5.32 Å². The Kier molecular flexibility index (Phi) is 4.73. The lowest BCUT2D eigenvalue weighted by Gasteiger charge is -2.24. The molecule has 1 saturated carbocycles.